The molecule has 0 radical (unpaired) electrons. The fraction of sp³-hybridized carbons (Fsp3) is 0.714. The molecule has 0 unspecified atom stereocenters. The van der Waals surface area contributed by atoms with Crippen LogP contribution < -0.4 is 5.32 Å². The Morgan fingerprint density at radius 3 is 2.89 bits per heavy atom. The lowest BCUT2D eigenvalue weighted by Gasteiger charge is -2.28. The van der Waals surface area contributed by atoms with Crippen molar-refractivity contribution < 1.29 is 4.79 Å². The molecule has 0 bridgehead atoms. The summed E-state index contributed by atoms with van der Waals surface area (Å²) in [6.07, 6.45) is 4.08. The topological polar surface area (TPSA) is 50.2 Å². The first-order valence-electron chi connectivity index (χ1n) is 7.02. The molecule has 1 amide bonds. The molecule has 0 aromatic carbocycles. The van der Waals surface area contributed by atoms with E-state index in [4.69, 9.17) is 0 Å². The standard InChI is InChI=1S/C14H24N4O/c1-10(2)18-7-5-6-12(18)8-15-14(19)13-11(3)16-9-17(13)4/h9-10,12H,5-8H2,1-4H3,(H,15,19)/t12-/m0/s1. The summed E-state index contributed by atoms with van der Waals surface area (Å²) in [7, 11) is 1.85. The molecule has 1 saturated heterocycles. The third-order valence-corrected chi connectivity index (χ3v) is 3.92. The molecule has 2 rings (SSSR count). The van der Waals surface area contributed by atoms with E-state index in [9.17, 15) is 4.79 Å². The predicted molar refractivity (Wildman–Crippen MR) is 75.1 cm³/mol. The van der Waals surface area contributed by atoms with Gasteiger partial charge in [0.05, 0.1) is 12.0 Å². The highest BCUT2D eigenvalue weighted by Crippen LogP contribution is 2.19. The minimum atomic E-state index is -0.0203. The third kappa shape index (κ3) is 2.97. The second-order valence-electron chi connectivity index (χ2n) is 5.63. The highest BCUT2D eigenvalue weighted by Gasteiger charge is 2.27. The van der Waals surface area contributed by atoms with Crippen LogP contribution in [0.4, 0.5) is 0 Å². The molecule has 1 aliphatic heterocycles. The summed E-state index contributed by atoms with van der Waals surface area (Å²) in [6, 6.07) is 1.01. The Morgan fingerprint density at radius 2 is 2.32 bits per heavy atom. The van der Waals surface area contributed by atoms with Gasteiger partial charge in [0.15, 0.2) is 0 Å². The number of rotatable bonds is 4. The van der Waals surface area contributed by atoms with Gasteiger partial charge >= 0.3 is 0 Å². The van der Waals surface area contributed by atoms with Crippen LogP contribution in [0.5, 0.6) is 0 Å². The molecule has 1 atom stereocenters. The second kappa shape index (κ2) is 5.74. The number of amides is 1. The van der Waals surface area contributed by atoms with E-state index in [1.807, 2.05) is 14.0 Å². The van der Waals surface area contributed by atoms with Gasteiger partial charge in [-0.3, -0.25) is 9.69 Å². The predicted octanol–water partition coefficient (Wildman–Crippen LogP) is 1.33. The van der Waals surface area contributed by atoms with Crippen LogP contribution in [0.25, 0.3) is 0 Å². The molecule has 2 heterocycles. The van der Waals surface area contributed by atoms with E-state index < -0.39 is 0 Å². The van der Waals surface area contributed by atoms with Crippen LogP contribution in [0, 0.1) is 6.92 Å². The van der Waals surface area contributed by atoms with E-state index >= 15 is 0 Å². The van der Waals surface area contributed by atoms with Crippen LogP contribution in [-0.4, -0.2) is 45.5 Å². The van der Waals surface area contributed by atoms with E-state index in [1.54, 1.807) is 10.9 Å². The fourth-order valence-corrected chi connectivity index (χ4v) is 2.92. The molecular formula is C14H24N4O. The van der Waals surface area contributed by atoms with Crippen molar-refractivity contribution in [2.45, 2.75) is 45.7 Å². The maximum Gasteiger partial charge on any atom is 0.269 e. The lowest BCUT2D eigenvalue weighted by atomic mass is 10.2. The zero-order valence-corrected chi connectivity index (χ0v) is 12.3. The third-order valence-electron chi connectivity index (χ3n) is 3.92. The van der Waals surface area contributed by atoms with Gasteiger partial charge in [0.25, 0.3) is 5.91 Å². The molecule has 0 saturated carbocycles. The van der Waals surface area contributed by atoms with E-state index in [2.05, 4.69) is 29.0 Å². The second-order valence-corrected chi connectivity index (χ2v) is 5.63. The Hall–Kier alpha value is -1.36. The number of hydrogen-bond acceptors (Lipinski definition) is 3. The minimum absolute atomic E-state index is 0.0203. The Bertz CT molecular complexity index is 433. The largest absolute Gasteiger partial charge is 0.349 e. The first-order valence-corrected chi connectivity index (χ1v) is 7.02. The number of aromatic nitrogens is 2. The zero-order chi connectivity index (χ0) is 14.0. The monoisotopic (exact) mass is 264 g/mol. The molecule has 106 valence electrons. The molecule has 5 heteroatoms. The molecule has 1 aromatic heterocycles. The van der Waals surface area contributed by atoms with Gasteiger partial charge in [-0.05, 0) is 40.2 Å². The Kier molecular flexibility index (Phi) is 4.24. The highest BCUT2D eigenvalue weighted by atomic mass is 16.2. The van der Waals surface area contributed by atoms with Crippen molar-refractivity contribution >= 4 is 5.91 Å². The van der Waals surface area contributed by atoms with Crippen molar-refractivity contribution in [3.8, 4) is 0 Å². The highest BCUT2D eigenvalue weighted by molar-refractivity contribution is 5.93. The smallest absolute Gasteiger partial charge is 0.269 e. The van der Waals surface area contributed by atoms with Crippen molar-refractivity contribution in [3.63, 3.8) is 0 Å². The maximum absolute atomic E-state index is 12.2. The number of carbonyl (C=O) groups excluding carboxylic acids is 1. The van der Waals surface area contributed by atoms with Crippen molar-refractivity contribution in [1.29, 1.82) is 0 Å². The number of nitrogens with zero attached hydrogens (tertiary/aromatic N) is 3. The summed E-state index contributed by atoms with van der Waals surface area (Å²) in [5.74, 6) is -0.0203. The summed E-state index contributed by atoms with van der Waals surface area (Å²) in [4.78, 5) is 18.8. The van der Waals surface area contributed by atoms with E-state index in [0.29, 0.717) is 17.8 Å². The molecule has 5 nitrogen and oxygen atoms in total. The number of hydrogen-bond donors (Lipinski definition) is 1. The van der Waals surface area contributed by atoms with Crippen LogP contribution in [0.2, 0.25) is 0 Å². The van der Waals surface area contributed by atoms with Gasteiger partial charge in [-0.25, -0.2) is 4.98 Å². The molecule has 19 heavy (non-hydrogen) atoms. The van der Waals surface area contributed by atoms with Crippen LogP contribution in [0.15, 0.2) is 6.33 Å². The van der Waals surface area contributed by atoms with Crippen molar-refractivity contribution in [2.24, 2.45) is 7.05 Å². The van der Waals surface area contributed by atoms with Gasteiger partial charge in [-0.2, -0.15) is 0 Å². The molecular weight excluding hydrogens is 240 g/mol. The van der Waals surface area contributed by atoms with Gasteiger partial charge < -0.3 is 9.88 Å². The van der Waals surface area contributed by atoms with Crippen molar-refractivity contribution in [3.05, 3.63) is 17.7 Å². The van der Waals surface area contributed by atoms with E-state index in [0.717, 1.165) is 18.8 Å². The Balaban J connectivity index is 1.94. The lowest BCUT2D eigenvalue weighted by molar-refractivity contribution is 0.0926. The average molecular weight is 264 g/mol. The Morgan fingerprint density at radius 1 is 1.58 bits per heavy atom. The molecule has 1 aromatic rings. The van der Waals surface area contributed by atoms with E-state index in [-0.39, 0.29) is 5.91 Å². The van der Waals surface area contributed by atoms with Crippen LogP contribution in [0.3, 0.4) is 0 Å². The first kappa shape index (κ1) is 14.1. The van der Waals surface area contributed by atoms with Gasteiger partial charge in [0.1, 0.15) is 5.69 Å². The van der Waals surface area contributed by atoms with Gasteiger partial charge in [0.2, 0.25) is 0 Å². The van der Waals surface area contributed by atoms with Crippen LogP contribution >= 0.6 is 0 Å². The number of imidazole rings is 1. The first-order chi connectivity index (χ1) is 9.00. The van der Waals surface area contributed by atoms with Gasteiger partial charge in [-0.1, -0.05) is 0 Å². The zero-order valence-electron chi connectivity index (χ0n) is 12.3. The molecule has 1 aliphatic rings. The normalized spacial score (nSPS) is 20.2. The summed E-state index contributed by atoms with van der Waals surface area (Å²) >= 11 is 0. The van der Waals surface area contributed by atoms with Crippen molar-refractivity contribution in [1.82, 2.24) is 19.8 Å². The SMILES string of the molecule is Cc1ncn(C)c1C(=O)NC[C@@H]1CCCN1C(C)C. The number of likely N-dealkylation sites (tertiary alicyclic amines) is 1. The maximum atomic E-state index is 12.2. The van der Waals surface area contributed by atoms with Gasteiger partial charge in [0, 0.05) is 25.7 Å². The van der Waals surface area contributed by atoms with Gasteiger partial charge in [-0.15, -0.1) is 0 Å². The Labute approximate surface area is 115 Å². The minimum Gasteiger partial charge on any atom is -0.349 e. The molecule has 1 fully saturated rings. The summed E-state index contributed by atoms with van der Waals surface area (Å²) < 4.78 is 1.78. The summed E-state index contributed by atoms with van der Waals surface area (Å²) in [5.41, 5.74) is 1.45. The number of nitrogens with one attached hydrogen (secondary N) is 1. The summed E-state index contributed by atoms with van der Waals surface area (Å²) in [6.45, 7) is 8.16. The fourth-order valence-electron chi connectivity index (χ4n) is 2.92. The van der Waals surface area contributed by atoms with Crippen LogP contribution in [0.1, 0.15) is 42.9 Å². The molecule has 1 N–H and O–H groups in total. The number of carbonyl (C=O) groups is 1. The van der Waals surface area contributed by atoms with Crippen LogP contribution in [-0.2, 0) is 7.05 Å². The lowest BCUT2D eigenvalue weighted by Crippen LogP contribution is -2.43. The summed E-state index contributed by atoms with van der Waals surface area (Å²) in [5, 5.41) is 3.05. The number of aryl methyl sites for hydroxylation is 2. The molecule has 0 aliphatic carbocycles. The van der Waals surface area contributed by atoms with E-state index in [1.165, 1.54) is 12.8 Å². The quantitative estimate of drug-likeness (QED) is 0.892. The molecule has 0 spiro atoms. The van der Waals surface area contributed by atoms with Crippen molar-refractivity contribution in [2.75, 3.05) is 13.1 Å². The average Bonchev–Trinajstić information content (AvgIpc) is 2.93.